The minimum Gasteiger partial charge on any atom is -0.465 e. The number of hydrogen-bond acceptors (Lipinski definition) is 5. The summed E-state index contributed by atoms with van der Waals surface area (Å²) in [7, 11) is 1.76. The number of carbonyl (C=O) groups is 1. The Bertz CT molecular complexity index is 248. The van der Waals surface area contributed by atoms with E-state index in [-0.39, 0.29) is 12.1 Å². The zero-order valence-electron chi connectivity index (χ0n) is 13.0. The zero-order chi connectivity index (χ0) is 14.7. The number of nitrogens with one attached hydrogen (secondary N) is 1. The lowest BCUT2D eigenvalue weighted by molar-refractivity contribution is -0.152. The van der Waals surface area contributed by atoms with Crippen LogP contribution in [0.2, 0.25) is 0 Å². The van der Waals surface area contributed by atoms with Crippen LogP contribution in [0.1, 0.15) is 40.5 Å². The summed E-state index contributed by atoms with van der Waals surface area (Å²) < 4.78 is 16.1. The molecule has 0 aliphatic heterocycles. The molecule has 0 amide bonds. The monoisotopic (exact) mass is 275 g/mol. The highest BCUT2D eigenvalue weighted by Crippen LogP contribution is 2.16. The molecule has 0 radical (unpaired) electrons. The van der Waals surface area contributed by atoms with Crippen LogP contribution in [0.3, 0.4) is 0 Å². The van der Waals surface area contributed by atoms with E-state index >= 15 is 0 Å². The quantitative estimate of drug-likeness (QED) is 0.460. The maximum Gasteiger partial charge on any atom is 0.326 e. The molecule has 0 aliphatic carbocycles. The lowest BCUT2D eigenvalue weighted by atomic mass is 9.95. The van der Waals surface area contributed by atoms with E-state index in [1.165, 1.54) is 0 Å². The molecular formula is C14H29NO4. The Morgan fingerprint density at radius 1 is 1.26 bits per heavy atom. The molecule has 0 rings (SSSR count). The van der Waals surface area contributed by atoms with E-state index in [4.69, 9.17) is 14.2 Å². The summed E-state index contributed by atoms with van der Waals surface area (Å²) in [5, 5.41) is 3.02. The smallest absolute Gasteiger partial charge is 0.326 e. The highest BCUT2D eigenvalue weighted by atomic mass is 16.5. The van der Waals surface area contributed by atoms with Crippen molar-refractivity contribution < 1.29 is 19.0 Å². The fourth-order valence-electron chi connectivity index (χ4n) is 1.77. The van der Waals surface area contributed by atoms with Crippen molar-refractivity contribution in [2.75, 3.05) is 33.5 Å². The molecule has 0 aromatic rings. The molecule has 0 spiro atoms. The maximum atomic E-state index is 11.9. The zero-order valence-corrected chi connectivity index (χ0v) is 13.0. The van der Waals surface area contributed by atoms with Gasteiger partial charge in [0.05, 0.1) is 25.9 Å². The van der Waals surface area contributed by atoms with Gasteiger partial charge in [-0.15, -0.1) is 0 Å². The van der Waals surface area contributed by atoms with Crippen LogP contribution in [0.25, 0.3) is 0 Å². The Morgan fingerprint density at radius 2 is 1.95 bits per heavy atom. The molecule has 2 unspecified atom stereocenters. The molecule has 0 aromatic carbocycles. The number of hydrogen-bond donors (Lipinski definition) is 1. The van der Waals surface area contributed by atoms with Gasteiger partial charge in [0.15, 0.2) is 0 Å². The predicted molar refractivity (Wildman–Crippen MR) is 75.2 cm³/mol. The van der Waals surface area contributed by atoms with E-state index < -0.39 is 5.54 Å². The topological polar surface area (TPSA) is 56.8 Å². The largest absolute Gasteiger partial charge is 0.465 e. The molecule has 0 bridgehead atoms. The van der Waals surface area contributed by atoms with Gasteiger partial charge in [-0.1, -0.05) is 6.92 Å². The van der Waals surface area contributed by atoms with Crippen molar-refractivity contribution in [3.63, 3.8) is 0 Å². The summed E-state index contributed by atoms with van der Waals surface area (Å²) in [6.07, 6.45) is 1.54. The van der Waals surface area contributed by atoms with Gasteiger partial charge in [0, 0.05) is 13.0 Å². The highest BCUT2D eigenvalue weighted by Gasteiger charge is 2.34. The van der Waals surface area contributed by atoms with Crippen molar-refractivity contribution in [2.45, 2.75) is 52.2 Å². The van der Waals surface area contributed by atoms with E-state index in [2.05, 4.69) is 12.2 Å². The third-order valence-corrected chi connectivity index (χ3v) is 2.95. The molecule has 0 fully saturated rings. The maximum absolute atomic E-state index is 11.9. The summed E-state index contributed by atoms with van der Waals surface area (Å²) in [5.74, 6) is -0.241. The normalized spacial score (nSPS) is 15.8. The first-order chi connectivity index (χ1) is 9.00. The van der Waals surface area contributed by atoms with Gasteiger partial charge in [-0.05, 0) is 34.2 Å². The van der Waals surface area contributed by atoms with Crippen LogP contribution in [0.5, 0.6) is 0 Å². The third-order valence-electron chi connectivity index (χ3n) is 2.95. The lowest BCUT2D eigenvalue weighted by Gasteiger charge is -2.29. The number of esters is 1. The molecule has 2 atom stereocenters. The Kier molecular flexibility index (Phi) is 9.83. The Labute approximate surface area is 117 Å². The van der Waals surface area contributed by atoms with Gasteiger partial charge in [0.25, 0.3) is 0 Å². The fraction of sp³-hybridized carbons (Fsp3) is 0.929. The van der Waals surface area contributed by atoms with E-state index in [1.54, 1.807) is 14.0 Å². The number of rotatable bonds is 11. The Morgan fingerprint density at radius 3 is 2.47 bits per heavy atom. The SMILES string of the molecule is CCCOCCOC(C)CC(C)(NC)C(=O)OCC. The average Bonchev–Trinajstić information content (AvgIpc) is 2.38. The lowest BCUT2D eigenvalue weighted by Crippen LogP contribution is -2.50. The summed E-state index contributed by atoms with van der Waals surface area (Å²) in [4.78, 5) is 11.9. The Hall–Kier alpha value is -0.650. The van der Waals surface area contributed by atoms with Gasteiger partial charge in [0.1, 0.15) is 5.54 Å². The van der Waals surface area contributed by atoms with Gasteiger partial charge in [-0.3, -0.25) is 4.79 Å². The molecule has 19 heavy (non-hydrogen) atoms. The highest BCUT2D eigenvalue weighted by molar-refractivity contribution is 5.80. The van der Waals surface area contributed by atoms with Gasteiger partial charge >= 0.3 is 5.97 Å². The van der Waals surface area contributed by atoms with Gasteiger partial charge in [-0.2, -0.15) is 0 Å². The number of likely N-dealkylation sites (N-methyl/N-ethyl adjacent to an activating group) is 1. The van der Waals surface area contributed by atoms with E-state index in [0.29, 0.717) is 26.2 Å². The first kappa shape index (κ1) is 18.4. The molecule has 0 saturated heterocycles. The molecule has 114 valence electrons. The van der Waals surface area contributed by atoms with E-state index in [0.717, 1.165) is 13.0 Å². The van der Waals surface area contributed by atoms with Crippen molar-refractivity contribution in [2.24, 2.45) is 0 Å². The molecule has 0 aromatic heterocycles. The molecule has 1 N–H and O–H groups in total. The molecule has 5 heteroatoms. The van der Waals surface area contributed by atoms with E-state index in [9.17, 15) is 4.79 Å². The Balaban J connectivity index is 4.04. The van der Waals surface area contributed by atoms with Crippen molar-refractivity contribution in [1.82, 2.24) is 5.32 Å². The van der Waals surface area contributed by atoms with Crippen LogP contribution in [0, 0.1) is 0 Å². The van der Waals surface area contributed by atoms with Crippen molar-refractivity contribution in [3.05, 3.63) is 0 Å². The minimum absolute atomic E-state index is 0.0351. The van der Waals surface area contributed by atoms with E-state index in [1.807, 2.05) is 13.8 Å². The first-order valence-electron chi connectivity index (χ1n) is 7.05. The molecule has 0 heterocycles. The van der Waals surface area contributed by atoms with Crippen molar-refractivity contribution >= 4 is 5.97 Å². The third kappa shape index (κ3) is 7.50. The van der Waals surface area contributed by atoms with Crippen LogP contribution < -0.4 is 5.32 Å². The summed E-state index contributed by atoms with van der Waals surface area (Å²) in [6, 6.07) is 0. The minimum atomic E-state index is -0.709. The number of ether oxygens (including phenoxy) is 3. The molecule has 5 nitrogen and oxygen atoms in total. The second-order valence-electron chi connectivity index (χ2n) is 4.80. The summed E-state index contributed by atoms with van der Waals surface area (Å²) in [5.41, 5.74) is -0.709. The van der Waals surface area contributed by atoms with Gasteiger partial charge in [-0.25, -0.2) is 0 Å². The van der Waals surface area contributed by atoms with Crippen LogP contribution in [0.15, 0.2) is 0 Å². The van der Waals surface area contributed by atoms with Gasteiger partial charge < -0.3 is 19.5 Å². The second kappa shape index (κ2) is 10.2. The van der Waals surface area contributed by atoms with Crippen LogP contribution >= 0.6 is 0 Å². The summed E-state index contributed by atoms with van der Waals surface area (Å²) in [6.45, 7) is 9.94. The van der Waals surface area contributed by atoms with Crippen molar-refractivity contribution in [1.29, 1.82) is 0 Å². The van der Waals surface area contributed by atoms with Gasteiger partial charge in [0.2, 0.25) is 0 Å². The standard InChI is InChI=1S/C14H29NO4/c1-6-8-17-9-10-19-12(3)11-14(4,15-5)13(16)18-7-2/h12,15H,6-11H2,1-5H3. The second-order valence-corrected chi connectivity index (χ2v) is 4.80. The number of carbonyl (C=O) groups excluding carboxylic acids is 1. The van der Waals surface area contributed by atoms with Crippen LogP contribution in [-0.2, 0) is 19.0 Å². The summed E-state index contributed by atoms with van der Waals surface area (Å²) >= 11 is 0. The van der Waals surface area contributed by atoms with Crippen LogP contribution in [0.4, 0.5) is 0 Å². The molecule has 0 saturated carbocycles. The first-order valence-corrected chi connectivity index (χ1v) is 7.05. The van der Waals surface area contributed by atoms with Crippen molar-refractivity contribution in [3.8, 4) is 0 Å². The van der Waals surface area contributed by atoms with Crippen LogP contribution in [-0.4, -0.2) is 51.1 Å². The molecular weight excluding hydrogens is 246 g/mol. The fourth-order valence-corrected chi connectivity index (χ4v) is 1.77. The molecule has 0 aliphatic rings. The average molecular weight is 275 g/mol. The predicted octanol–water partition coefficient (Wildman–Crippen LogP) is 1.75.